The van der Waals surface area contributed by atoms with Gasteiger partial charge in [-0.2, -0.15) is 0 Å². The summed E-state index contributed by atoms with van der Waals surface area (Å²) in [5.74, 6) is -0.122. The molecule has 3 aliphatic rings. The summed E-state index contributed by atoms with van der Waals surface area (Å²) in [5, 5.41) is 0.680. The Morgan fingerprint density at radius 3 is 2.46 bits per heavy atom. The minimum atomic E-state index is -0.691. The normalized spacial score (nSPS) is 25.2. The number of esters is 1. The van der Waals surface area contributed by atoms with Crippen LogP contribution in [0.1, 0.15) is 53.6 Å². The summed E-state index contributed by atoms with van der Waals surface area (Å²) in [4.78, 5) is 28.0. The summed E-state index contributed by atoms with van der Waals surface area (Å²) in [6.45, 7) is 1.04. The van der Waals surface area contributed by atoms with Crippen LogP contribution in [0.2, 0.25) is 5.02 Å². The highest BCUT2D eigenvalue weighted by atomic mass is 35.5. The predicted molar refractivity (Wildman–Crippen MR) is 106 cm³/mol. The Kier molecular flexibility index (Phi) is 4.02. The van der Waals surface area contributed by atoms with Gasteiger partial charge in [0.25, 0.3) is 0 Å². The van der Waals surface area contributed by atoms with E-state index in [1.54, 1.807) is 0 Å². The van der Waals surface area contributed by atoms with Crippen LogP contribution < -0.4 is 0 Å². The summed E-state index contributed by atoms with van der Waals surface area (Å²) < 4.78 is 5.83. The van der Waals surface area contributed by atoms with Crippen molar-refractivity contribution in [2.75, 3.05) is 13.1 Å². The van der Waals surface area contributed by atoms with Crippen LogP contribution in [-0.4, -0.2) is 29.9 Å². The molecule has 1 amide bonds. The molecule has 2 aliphatic heterocycles. The monoisotopic (exact) mass is 395 g/mol. The first-order valence-electron chi connectivity index (χ1n) is 9.92. The van der Waals surface area contributed by atoms with Crippen molar-refractivity contribution < 1.29 is 14.3 Å². The van der Waals surface area contributed by atoms with Gasteiger partial charge in [0.05, 0.1) is 17.5 Å². The van der Waals surface area contributed by atoms with E-state index < -0.39 is 11.0 Å². The molecular weight excluding hydrogens is 374 g/mol. The molecule has 2 heterocycles. The van der Waals surface area contributed by atoms with E-state index >= 15 is 0 Å². The fourth-order valence-corrected chi connectivity index (χ4v) is 5.41. The highest BCUT2D eigenvalue weighted by Gasteiger charge is 2.54. The van der Waals surface area contributed by atoms with Crippen molar-refractivity contribution in [2.45, 2.75) is 43.1 Å². The molecule has 2 aromatic carbocycles. The minimum Gasteiger partial charge on any atom is -0.449 e. The molecule has 28 heavy (non-hydrogen) atoms. The number of hydrogen-bond donors (Lipinski definition) is 0. The quantitative estimate of drug-likeness (QED) is 0.706. The fourth-order valence-electron chi connectivity index (χ4n) is 5.28. The zero-order valence-corrected chi connectivity index (χ0v) is 16.4. The zero-order valence-electron chi connectivity index (χ0n) is 15.6. The van der Waals surface area contributed by atoms with Gasteiger partial charge in [-0.3, -0.25) is 4.79 Å². The Balaban J connectivity index is 1.46. The maximum absolute atomic E-state index is 13.7. The summed E-state index contributed by atoms with van der Waals surface area (Å²) in [5.41, 5.74) is 1.41. The lowest BCUT2D eigenvalue weighted by atomic mass is 9.77. The molecule has 1 saturated heterocycles. The molecule has 2 aromatic rings. The fraction of sp³-hybridized carbons (Fsp3) is 0.391. The molecule has 1 atom stereocenters. The van der Waals surface area contributed by atoms with Crippen LogP contribution in [-0.2, 0) is 20.5 Å². The SMILES string of the molecule is O=C1O[C@]2(CCN(C(=O)C3(c4ccc(Cl)cc4)CCCC3)C2)c2ccccc21. The number of benzene rings is 2. The first kappa shape index (κ1) is 17.7. The van der Waals surface area contributed by atoms with Gasteiger partial charge in [0.15, 0.2) is 5.60 Å². The number of rotatable bonds is 2. The second kappa shape index (κ2) is 6.35. The lowest BCUT2D eigenvalue weighted by Crippen LogP contribution is -2.45. The molecule has 1 saturated carbocycles. The molecule has 144 valence electrons. The number of carbonyl (C=O) groups excluding carboxylic acids is 2. The number of ether oxygens (including phenoxy) is 1. The third-order valence-electron chi connectivity index (χ3n) is 6.71. The summed E-state index contributed by atoms with van der Waals surface area (Å²) >= 11 is 6.07. The molecule has 0 bridgehead atoms. The topological polar surface area (TPSA) is 46.6 Å². The molecule has 1 spiro atoms. The van der Waals surface area contributed by atoms with Crippen molar-refractivity contribution in [3.8, 4) is 0 Å². The molecule has 4 nitrogen and oxygen atoms in total. The van der Waals surface area contributed by atoms with Gasteiger partial charge in [0.2, 0.25) is 5.91 Å². The van der Waals surface area contributed by atoms with Crippen molar-refractivity contribution in [3.05, 3.63) is 70.2 Å². The Labute approximate surface area is 169 Å². The van der Waals surface area contributed by atoms with E-state index in [2.05, 4.69) is 0 Å². The second-order valence-corrected chi connectivity index (χ2v) is 8.64. The van der Waals surface area contributed by atoms with Crippen LogP contribution in [0, 0.1) is 0 Å². The molecule has 5 heteroatoms. The van der Waals surface area contributed by atoms with Crippen LogP contribution >= 0.6 is 11.6 Å². The van der Waals surface area contributed by atoms with Crippen molar-refractivity contribution in [1.82, 2.24) is 4.90 Å². The number of fused-ring (bicyclic) bond motifs is 2. The Morgan fingerprint density at radius 2 is 1.71 bits per heavy atom. The van der Waals surface area contributed by atoms with E-state index in [-0.39, 0.29) is 11.9 Å². The van der Waals surface area contributed by atoms with Gasteiger partial charge < -0.3 is 9.64 Å². The molecule has 0 N–H and O–H groups in total. The van der Waals surface area contributed by atoms with Gasteiger partial charge in [0, 0.05) is 23.6 Å². The van der Waals surface area contributed by atoms with Gasteiger partial charge in [-0.15, -0.1) is 0 Å². The summed E-state index contributed by atoms with van der Waals surface area (Å²) in [6, 6.07) is 15.3. The average Bonchev–Trinajstić information content (AvgIpc) is 3.42. The zero-order chi connectivity index (χ0) is 19.4. The molecule has 0 unspecified atom stereocenters. The molecule has 1 aliphatic carbocycles. The first-order chi connectivity index (χ1) is 13.5. The van der Waals surface area contributed by atoms with Crippen molar-refractivity contribution in [3.63, 3.8) is 0 Å². The minimum absolute atomic E-state index is 0.157. The Hall–Kier alpha value is -2.33. The molecule has 5 rings (SSSR count). The number of halogens is 1. The van der Waals surface area contributed by atoms with Gasteiger partial charge in [-0.25, -0.2) is 4.79 Å². The highest BCUT2D eigenvalue weighted by molar-refractivity contribution is 6.30. The summed E-state index contributed by atoms with van der Waals surface area (Å²) in [7, 11) is 0. The van der Waals surface area contributed by atoms with E-state index in [4.69, 9.17) is 16.3 Å². The highest BCUT2D eigenvalue weighted by Crippen LogP contribution is 2.47. The average molecular weight is 396 g/mol. The van der Waals surface area contributed by atoms with Crippen LogP contribution in [0.25, 0.3) is 0 Å². The molecule has 0 aromatic heterocycles. The number of hydrogen-bond acceptors (Lipinski definition) is 3. The van der Waals surface area contributed by atoms with Crippen LogP contribution in [0.4, 0.5) is 0 Å². The lowest BCUT2D eigenvalue weighted by Gasteiger charge is -2.33. The van der Waals surface area contributed by atoms with Gasteiger partial charge in [-0.05, 0) is 36.6 Å². The van der Waals surface area contributed by atoms with Gasteiger partial charge in [-0.1, -0.05) is 54.8 Å². The second-order valence-electron chi connectivity index (χ2n) is 8.20. The van der Waals surface area contributed by atoms with Crippen LogP contribution in [0.15, 0.2) is 48.5 Å². The third-order valence-corrected chi connectivity index (χ3v) is 6.96. The first-order valence-corrected chi connectivity index (χ1v) is 10.3. The predicted octanol–water partition coefficient (Wildman–Crippen LogP) is 4.45. The van der Waals surface area contributed by atoms with Crippen molar-refractivity contribution in [2.24, 2.45) is 0 Å². The van der Waals surface area contributed by atoms with Gasteiger partial charge >= 0.3 is 5.97 Å². The van der Waals surface area contributed by atoms with Crippen LogP contribution in [0.5, 0.6) is 0 Å². The number of likely N-dealkylation sites (tertiary alicyclic amines) is 1. The standard InChI is InChI=1S/C23H22ClNO3/c24-17-9-7-16(8-10-17)22(11-3-4-12-22)21(27)25-14-13-23(15-25)19-6-2-1-5-18(19)20(26)28-23/h1-2,5-10H,3-4,11-15H2/t23-/m0/s1. The van der Waals surface area contributed by atoms with E-state index in [1.807, 2.05) is 53.4 Å². The maximum atomic E-state index is 13.7. The van der Waals surface area contributed by atoms with Gasteiger partial charge in [0.1, 0.15) is 0 Å². The largest absolute Gasteiger partial charge is 0.449 e. The lowest BCUT2D eigenvalue weighted by molar-refractivity contribution is -0.137. The van der Waals surface area contributed by atoms with E-state index in [1.165, 1.54) is 0 Å². The number of nitrogens with zero attached hydrogens (tertiary/aromatic N) is 1. The Morgan fingerprint density at radius 1 is 1.00 bits per heavy atom. The third kappa shape index (κ3) is 2.51. The maximum Gasteiger partial charge on any atom is 0.339 e. The van der Waals surface area contributed by atoms with E-state index in [9.17, 15) is 9.59 Å². The Bertz CT molecular complexity index is 949. The van der Waals surface area contributed by atoms with Crippen molar-refractivity contribution in [1.29, 1.82) is 0 Å². The van der Waals surface area contributed by atoms with E-state index in [0.717, 1.165) is 36.8 Å². The van der Waals surface area contributed by atoms with E-state index in [0.29, 0.717) is 30.1 Å². The molecule has 0 radical (unpaired) electrons. The molecular formula is C23H22ClNO3. The number of carbonyl (C=O) groups is 2. The number of amides is 1. The van der Waals surface area contributed by atoms with Crippen LogP contribution in [0.3, 0.4) is 0 Å². The molecule has 2 fully saturated rings. The van der Waals surface area contributed by atoms with Crippen molar-refractivity contribution >= 4 is 23.5 Å². The smallest absolute Gasteiger partial charge is 0.339 e. The summed E-state index contributed by atoms with van der Waals surface area (Å²) in [6.07, 6.45) is 4.45.